The van der Waals surface area contributed by atoms with E-state index in [0.717, 1.165) is 12.8 Å². The van der Waals surface area contributed by atoms with Crippen molar-refractivity contribution in [2.45, 2.75) is 130 Å². The molecule has 0 spiro atoms. The van der Waals surface area contributed by atoms with Gasteiger partial charge in [0.2, 0.25) is 23.6 Å². The molecule has 0 aliphatic carbocycles. The predicted octanol–water partition coefficient (Wildman–Crippen LogP) is 3.87. The molecule has 1 aliphatic rings. The summed E-state index contributed by atoms with van der Waals surface area (Å²) in [4.78, 5) is 60.6. The smallest absolute Gasteiger partial charge is 0.245 e. The number of likely N-dealkylation sites (N-methyl/N-ethyl adjacent to an activating group) is 2. The van der Waals surface area contributed by atoms with E-state index in [2.05, 4.69) is 10.6 Å². The van der Waals surface area contributed by atoms with E-state index in [1.165, 1.54) is 0 Å². The molecule has 4 amide bonds. The van der Waals surface area contributed by atoms with E-state index in [1.54, 1.807) is 44.9 Å². The van der Waals surface area contributed by atoms with E-state index in [1.807, 2.05) is 90.9 Å². The average molecular weight is 732 g/mol. The second-order valence-electron chi connectivity index (χ2n) is 15.6. The Morgan fingerprint density at radius 1 is 0.904 bits per heavy atom. The Hall–Kier alpha value is -3.06. The summed E-state index contributed by atoms with van der Waals surface area (Å²) >= 11 is 0. The van der Waals surface area contributed by atoms with Crippen LogP contribution in [0.5, 0.6) is 0 Å². The third-order valence-electron chi connectivity index (χ3n) is 10.9. The molecule has 0 radical (unpaired) electrons. The second-order valence-corrected chi connectivity index (χ2v) is 15.6. The number of benzene rings is 1. The van der Waals surface area contributed by atoms with Crippen LogP contribution < -0.4 is 10.6 Å². The van der Waals surface area contributed by atoms with Gasteiger partial charge in [-0.2, -0.15) is 0 Å². The molecule has 1 aromatic carbocycles. The lowest BCUT2D eigenvalue weighted by atomic mass is 9.89. The van der Waals surface area contributed by atoms with Gasteiger partial charge in [0.15, 0.2) is 0 Å². The molecule has 0 bridgehead atoms. The fraction of sp³-hybridized carbons (Fsp3) is 0.750. The highest BCUT2D eigenvalue weighted by Gasteiger charge is 2.43. The van der Waals surface area contributed by atoms with Gasteiger partial charge in [-0.1, -0.05) is 85.2 Å². The van der Waals surface area contributed by atoms with Crippen molar-refractivity contribution in [1.29, 1.82) is 0 Å². The van der Waals surface area contributed by atoms with Gasteiger partial charge < -0.3 is 35.0 Å². The molecule has 1 fully saturated rings. The van der Waals surface area contributed by atoms with Crippen LogP contribution in [-0.2, 0) is 28.7 Å². The van der Waals surface area contributed by atoms with Gasteiger partial charge in [0.05, 0.1) is 54.8 Å². The highest BCUT2D eigenvalue weighted by atomic mass is 16.5. The molecule has 2 unspecified atom stereocenters. The molecular formula is C40H69N5O7. The number of hydrogen-bond donors (Lipinski definition) is 3. The number of methoxy groups -OCH3 is 2. The van der Waals surface area contributed by atoms with E-state index in [0.29, 0.717) is 18.5 Å². The van der Waals surface area contributed by atoms with E-state index in [4.69, 9.17) is 9.47 Å². The van der Waals surface area contributed by atoms with Crippen LogP contribution in [0.3, 0.4) is 0 Å². The van der Waals surface area contributed by atoms with Crippen LogP contribution >= 0.6 is 0 Å². The number of amides is 4. The number of aliphatic hydroxyl groups is 1. The molecule has 12 heteroatoms. The van der Waals surface area contributed by atoms with Crippen molar-refractivity contribution in [1.82, 2.24) is 25.3 Å². The van der Waals surface area contributed by atoms with Crippen LogP contribution in [0.4, 0.5) is 0 Å². The van der Waals surface area contributed by atoms with Gasteiger partial charge in [0, 0.05) is 27.8 Å². The molecule has 0 saturated carbocycles. The zero-order valence-electron chi connectivity index (χ0n) is 34.1. The van der Waals surface area contributed by atoms with Gasteiger partial charge in [-0.05, 0) is 57.2 Å². The van der Waals surface area contributed by atoms with Gasteiger partial charge >= 0.3 is 0 Å². The van der Waals surface area contributed by atoms with Crippen molar-refractivity contribution in [2.24, 2.45) is 23.7 Å². The van der Waals surface area contributed by atoms with E-state index in [9.17, 15) is 24.3 Å². The van der Waals surface area contributed by atoms with Crippen LogP contribution in [0.1, 0.15) is 92.7 Å². The summed E-state index contributed by atoms with van der Waals surface area (Å²) in [5.41, 5.74) is 0.711. The number of carbonyl (C=O) groups excluding carboxylic acids is 4. The lowest BCUT2D eigenvalue weighted by Gasteiger charge is -2.41. The molecule has 3 N–H and O–H groups in total. The number of nitrogens with one attached hydrogen (secondary N) is 2. The lowest BCUT2D eigenvalue weighted by molar-refractivity contribution is -0.148. The minimum atomic E-state index is -0.876. The predicted molar refractivity (Wildman–Crippen MR) is 204 cm³/mol. The lowest BCUT2D eigenvalue weighted by Crippen LogP contribution is -2.59. The maximum Gasteiger partial charge on any atom is 0.245 e. The first kappa shape index (κ1) is 45.1. The monoisotopic (exact) mass is 732 g/mol. The molecule has 1 aromatic rings. The number of aliphatic hydroxyl groups excluding tert-OH is 1. The van der Waals surface area contributed by atoms with Gasteiger partial charge in [0.25, 0.3) is 0 Å². The molecule has 0 aromatic heterocycles. The van der Waals surface area contributed by atoms with Gasteiger partial charge in [-0.15, -0.1) is 0 Å². The minimum Gasteiger partial charge on any atom is -0.386 e. The summed E-state index contributed by atoms with van der Waals surface area (Å²) in [5, 5.41) is 16.8. The SMILES string of the molecule is CC[C@H](C)[C@@H]([C@@H](CC(=O)N1CCC[C@H]1[C@H](OC)[C@@H](C)C(=O)N[C@H](C)C(O)c1ccccc1)OC)N(C)C(=O)[C@@H](NC(=O)C(C(C)C)N(C)C)C(C)C. The van der Waals surface area contributed by atoms with Crippen LogP contribution in [-0.4, -0.2) is 128 Å². The number of rotatable bonds is 20. The summed E-state index contributed by atoms with van der Waals surface area (Å²) in [6.07, 6.45) is 0.148. The quantitative estimate of drug-likeness (QED) is 0.184. The molecule has 1 saturated heterocycles. The van der Waals surface area contributed by atoms with Gasteiger partial charge in [0.1, 0.15) is 6.04 Å². The van der Waals surface area contributed by atoms with E-state index >= 15 is 0 Å². The summed E-state index contributed by atoms with van der Waals surface area (Å²) < 4.78 is 11.9. The van der Waals surface area contributed by atoms with Crippen molar-refractivity contribution in [3.63, 3.8) is 0 Å². The largest absolute Gasteiger partial charge is 0.386 e. The highest BCUT2D eigenvalue weighted by Crippen LogP contribution is 2.30. The van der Waals surface area contributed by atoms with Crippen LogP contribution in [0.15, 0.2) is 30.3 Å². The third kappa shape index (κ3) is 11.5. The second kappa shape index (κ2) is 21.0. The van der Waals surface area contributed by atoms with Crippen molar-refractivity contribution in [3.8, 4) is 0 Å². The average Bonchev–Trinajstić information content (AvgIpc) is 3.59. The zero-order valence-corrected chi connectivity index (χ0v) is 34.1. The Bertz CT molecular complexity index is 1270. The van der Waals surface area contributed by atoms with Gasteiger partial charge in [-0.3, -0.25) is 24.1 Å². The number of carbonyl (C=O) groups is 4. The molecule has 12 nitrogen and oxygen atoms in total. The number of hydrogen-bond acceptors (Lipinski definition) is 8. The zero-order chi connectivity index (χ0) is 39.4. The van der Waals surface area contributed by atoms with Gasteiger partial charge in [-0.25, -0.2) is 0 Å². The normalized spacial score (nSPS) is 20.1. The fourth-order valence-corrected chi connectivity index (χ4v) is 7.78. The Balaban J connectivity index is 2.25. The first-order chi connectivity index (χ1) is 24.4. The molecule has 2 rings (SSSR count). The van der Waals surface area contributed by atoms with Crippen LogP contribution in [0.25, 0.3) is 0 Å². The molecule has 10 atom stereocenters. The Morgan fingerprint density at radius 3 is 2.02 bits per heavy atom. The molecule has 296 valence electrons. The molecular weight excluding hydrogens is 662 g/mol. The summed E-state index contributed by atoms with van der Waals surface area (Å²) in [6.45, 7) is 16.0. The van der Waals surface area contributed by atoms with E-state index in [-0.39, 0.29) is 53.8 Å². The number of ether oxygens (including phenoxy) is 2. The Morgan fingerprint density at radius 2 is 1.52 bits per heavy atom. The first-order valence-electron chi connectivity index (χ1n) is 19.0. The van der Waals surface area contributed by atoms with Crippen molar-refractivity contribution in [3.05, 3.63) is 35.9 Å². The number of likely N-dealkylation sites (tertiary alicyclic amines) is 1. The van der Waals surface area contributed by atoms with Crippen LogP contribution in [0, 0.1) is 23.7 Å². The maximum absolute atomic E-state index is 14.2. The van der Waals surface area contributed by atoms with Crippen LogP contribution in [0.2, 0.25) is 0 Å². The summed E-state index contributed by atoms with van der Waals surface area (Å²) in [5.74, 6) is -1.57. The first-order valence-corrected chi connectivity index (χ1v) is 19.0. The molecule has 1 aliphatic heterocycles. The fourth-order valence-electron chi connectivity index (χ4n) is 7.78. The van der Waals surface area contributed by atoms with E-state index < -0.39 is 48.4 Å². The van der Waals surface area contributed by atoms with Crippen molar-refractivity contribution >= 4 is 23.6 Å². The summed E-state index contributed by atoms with van der Waals surface area (Å²) in [7, 11) is 8.57. The minimum absolute atomic E-state index is 0.0153. The topological polar surface area (TPSA) is 141 Å². The molecule has 1 heterocycles. The molecule has 52 heavy (non-hydrogen) atoms. The maximum atomic E-state index is 14.2. The van der Waals surface area contributed by atoms with Crippen molar-refractivity contribution in [2.75, 3.05) is 41.9 Å². The Labute approximate surface area is 313 Å². The summed E-state index contributed by atoms with van der Waals surface area (Å²) in [6, 6.07) is 6.72. The van der Waals surface area contributed by atoms with Crippen molar-refractivity contribution < 1.29 is 33.8 Å². The number of nitrogens with zero attached hydrogens (tertiary/aromatic N) is 3. The standard InChI is InChI=1S/C40H69N5O7/c1-14-26(6)35(44(11)40(50)33(24(2)3)42-39(49)34(25(4)5)43(9)10)31(51-12)23-32(46)45-22-18-21-30(45)37(52-13)27(7)38(48)41-28(8)36(47)29-19-16-15-17-20-29/h15-17,19-20,24-28,30-31,33-37,47H,14,18,21-23H2,1-13H3,(H,41,48)(H,42,49)/t26-,27+,28+,30-,31+,33-,34?,35-,36?,37+/m0/s1. The highest BCUT2D eigenvalue weighted by molar-refractivity contribution is 5.90. The Kier molecular flexibility index (Phi) is 18.2. The third-order valence-corrected chi connectivity index (χ3v) is 10.9.